The van der Waals surface area contributed by atoms with Crippen LogP contribution in [0.5, 0.6) is 5.75 Å². The Bertz CT molecular complexity index is 1340. The maximum Gasteiger partial charge on any atom is 0.328 e. The van der Waals surface area contributed by atoms with E-state index in [-0.39, 0.29) is 5.69 Å². The summed E-state index contributed by atoms with van der Waals surface area (Å²) in [6, 6.07) is 17.1. The molecule has 0 saturated carbocycles. The number of anilines is 1. The number of thioether (sulfide) groups is 1. The maximum atomic E-state index is 12.8. The summed E-state index contributed by atoms with van der Waals surface area (Å²) < 4.78 is 6.82. The van der Waals surface area contributed by atoms with Crippen LogP contribution in [-0.2, 0) is 13.1 Å². The topological polar surface area (TPSA) is 109 Å². The molecule has 0 bridgehead atoms. The first-order chi connectivity index (χ1) is 16.1. The molecule has 2 heterocycles. The second-order valence-corrected chi connectivity index (χ2v) is 8.49. The second kappa shape index (κ2) is 10.2. The van der Waals surface area contributed by atoms with Crippen LogP contribution < -0.4 is 15.7 Å². The Morgan fingerprint density at radius 3 is 2.52 bits per heavy atom. The summed E-state index contributed by atoms with van der Waals surface area (Å²) in [7, 11) is 1.64. The zero-order chi connectivity index (χ0) is 23.2. The number of nitrogens with zero attached hydrogens (tertiary/aromatic N) is 4. The molecule has 2 N–H and O–H groups in total. The monoisotopic (exact) mass is 460 g/mol. The highest BCUT2D eigenvalue weighted by atomic mass is 32.2. The average molecular weight is 461 g/mol. The molecule has 33 heavy (non-hydrogen) atoms. The molecule has 0 atom stereocenters. The highest BCUT2D eigenvalue weighted by Crippen LogP contribution is 2.24. The van der Waals surface area contributed by atoms with Gasteiger partial charge in [-0.15, -0.1) is 0 Å². The van der Waals surface area contributed by atoms with Gasteiger partial charge in [0.2, 0.25) is 0 Å². The van der Waals surface area contributed by atoms with E-state index in [1.807, 2.05) is 36.4 Å². The third-order valence-electron chi connectivity index (χ3n) is 5.08. The number of aromatic nitrogens is 4. The molecule has 4 rings (SSSR count). The highest BCUT2D eigenvalue weighted by molar-refractivity contribution is 7.99. The third kappa shape index (κ3) is 5.18. The van der Waals surface area contributed by atoms with Crippen molar-refractivity contribution in [2.75, 3.05) is 18.2 Å². The summed E-state index contributed by atoms with van der Waals surface area (Å²) in [4.78, 5) is 25.1. The lowest BCUT2D eigenvalue weighted by Gasteiger charge is -2.10. The van der Waals surface area contributed by atoms with E-state index in [4.69, 9.17) is 10.00 Å². The Balaban J connectivity index is 1.68. The molecular weight excluding hydrogens is 436 g/mol. The van der Waals surface area contributed by atoms with Crippen molar-refractivity contribution in [2.45, 2.75) is 31.6 Å². The van der Waals surface area contributed by atoms with E-state index in [0.717, 1.165) is 29.1 Å². The normalized spacial score (nSPS) is 10.8. The Labute approximate surface area is 195 Å². The minimum absolute atomic E-state index is 0.256. The van der Waals surface area contributed by atoms with Gasteiger partial charge in [0, 0.05) is 12.3 Å². The van der Waals surface area contributed by atoms with Gasteiger partial charge in [0.05, 0.1) is 25.3 Å². The Morgan fingerprint density at radius 1 is 1.12 bits per heavy atom. The fourth-order valence-corrected chi connectivity index (χ4v) is 4.03. The first-order valence-corrected chi connectivity index (χ1v) is 11.6. The van der Waals surface area contributed by atoms with E-state index in [9.17, 15) is 4.79 Å². The van der Waals surface area contributed by atoms with Gasteiger partial charge in [0.15, 0.2) is 16.6 Å². The lowest BCUT2D eigenvalue weighted by atomic mass is 10.1. The number of nitriles is 1. The predicted octanol–water partition coefficient (Wildman–Crippen LogP) is 4.16. The number of nitrogens with one attached hydrogen (secondary N) is 2. The van der Waals surface area contributed by atoms with Crippen LogP contribution in [0.15, 0.2) is 58.5 Å². The number of aromatic amines is 1. The van der Waals surface area contributed by atoms with E-state index in [0.29, 0.717) is 40.8 Å². The molecule has 0 radical (unpaired) electrons. The minimum Gasteiger partial charge on any atom is -0.497 e. The molecule has 0 aliphatic heterocycles. The number of hydrogen-bond acceptors (Lipinski definition) is 7. The van der Waals surface area contributed by atoms with Crippen LogP contribution in [-0.4, -0.2) is 32.4 Å². The van der Waals surface area contributed by atoms with Crippen LogP contribution >= 0.6 is 11.8 Å². The third-order valence-corrected chi connectivity index (χ3v) is 6.13. The second-order valence-electron chi connectivity index (χ2n) is 7.43. The zero-order valence-electron chi connectivity index (χ0n) is 18.5. The van der Waals surface area contributed by atoms with Crippen LogP contribution in [0, 0.1) is 11.3 Å². The van der Waals surface area contributed by atoms with Crippen molar-refractivity contribution in [3.63, 3.8) is 0 Å². The van der Waals surface area contributed by atoms with Gasteiger partial charge in [-0.2, -0.15) is 5.26 Å². The Morgan fingerprint density at radius 2 is 1.85 bits per heavy atom. The number of H-pyrrole nitrogens is 1. The van der Waals surface area contributed by atoms with Gasteiger partial charge in [0.1, 0.15) is 11.3 Å². The molecule has 2 aromatic heterocycles. The summed E-state index contributed by atoms with van der Waals surface area (Å²) in [6.45, 7) is 2.99. The molecule has 0 fully saturated rings. The molecular formula is C24H24N6O2S. The number of fused-ring (bicyclic) bond motifs is 1. The van der Waals surface area contributed by atoms with Gasteiger partial charge < -0.3 is 15.0 Å². The largest absolute Gasteiger partial charge is 0.497 e. The number of benzene rings is 2. The van der Waals surface area contributed by atoms with Crippen molar-refractivity contribution in [1.82, 2.24) is 19.5 Å². The fraction of sp³-hybridized carbons (Fsp3) is 0.250. The van der Waals surface area contributed by atoms with E-state index in [1.54, 1.807) is 35.6 Å². The quantitative estimate of drug-likeness (QED) is 0.285. The van der Waals surface area contributed by atoms with Gasteiger partial charge in [-0.3, -0.25) is 4.57 Å². The van der Waals surface area contributed by atoms with Crippen LogP contribution in [0.1, 0.15) is 30.0 Å². The van der Waals surface area contributed by atoms with Crippen LogP contribution in [0.3, 0.4) is 0 Å². The highest BCUT2D eigenvalue weighted by Gasteiger charge is 2.16. The first-order valence-electron chi connectivity index (χ1n) is 10.6. The molecule has 2 aromatic carbocycles. The van der Waals surface area contributed by atoms with Crippen molar-refractivity contribution in [3.8, 4) is 11.8 Å². The Kier molecular flexibility index (Phi) is 6.95. The summed E-state index contributed by atoms with van der Waals surface area (Å²) in [5.41, 5.74) is 3.42. The predicted molar refractivity (Wildman–Crippen MR) is 130 cm³/mol. The minimum atomic E-state index is -0.256. The molecule has 4 aromatic rings. The molecule has 0 aliphatic rings. The van der Waals surface area contributed by atoms with Gasteiger partial charge >= 0.3 is 5.69 Å². The molecule has 0 aliphatic carbocycles. The number of hydrogen-bond donors (Lipinski definition) is 2. The van der Waals surface area contributed by atoms with Crippen LogP contribution in [0.2, 0.25) is 0 Å². The van der Waals surface area contributed by atoms with E-state index < -0.39 is 0 Å². The van der Waals surface area contributed by atoms with Crippen molar-refractivity contribution in [2.24, 2.45) is 0 Å². The zero-order valence-corrected chi connectivity index (χ0v) is 19.3. The summed E-state index contributed by atoms with van der Waals surface area (Å²) in [5, 5.41) is 13.0. The summed E-state index contributed by atoms with van der Waals surface area (Å²) in [5.74, 6) is 2.27. The average Bonchev–Trinajstić information content (AvgIpc) is 3.17. The van der Waals surface area contributed by atoms with E-state index >= 15 is 0 Å². The molecule has 9 heteroatoms. The van der Waals surface area contributed by atoms with Crippen LogP contribution in [0.4, 0.5) is 5.82 Å². The first kappa shape index (κ1) is 22.4. The summed E-state index contributed by atoms with van der Waals surface area (Å²) >= 11 is 1.56. The van der Waals surface area contributed by atoms with Gasteiger partial charge in [0.25, 0.3) is 0 Å². The molecule has 0 amide bonds. The van der Waals surface area contributed by atoms with Gasteiger partial charge in [-0.1, -0.05) is 43.0 Å². The summed E-state index contributed by atoms with van der Waals surface area (Å²) in [6.07, 6.45) is 0.992. The lowest BCUT2D eigenvalue weighted by molar-refractivity contribution is 0.414. The SMILES string of the molecule is CCCSc1nc(NCc2ccc(OC)cc2)c2[nH]c(=O)n(Cc3ccc(C#N)cc3)c2n1. The molecule has 8 nitrogen and oxygen atoms in total. The van der Waals surface area contributed by atoms with Crippen molar-refractivity contribution >= 4 is 28.7 Å². The maximum absolute atomic E-state index is 12.8. The molecule has 168 valence electrons. The number of rotatable bonds is 9. The van der Waals surface area contributed by atoms with E-state index in [1.165, 1.54) is 0 Å². The van der Waals surface area contributed by atoms with E-state index in [2.05, 4.69) is 33.3 Å². The number of imidazole rings is 1. The fourth-order valence-electron chi connectivity index (χ4n) is 3.34. The smallest absolute Gasteiger partial charge is 0.328 e. The van der Waals surface area contributed by atoms with Crippen molar-refractivity contribution < 1.29 is 4.74 Å². The van der Waals surface area contributed by atoms with Crippen molar-refractivity contribution in [1.29, 1.82) is 5.26 Å². The molecule has 0 saturated heterocycles. The molecule has 0 spiro atoms. The lowest BCUT2D eigenvalue weighted by Crippen LogP contribution is -2.17. The van der Waals surface area contributed by atoms with Gasteiger partial charge in [-0.05, 0) is 41.8 Å². The number of methoxy groups -OCH3 is 1. The Hall–Kier alpha value is -3.77. The molecule has 0 unspecified atom stereocenters. The number of ether oxygens (including phenoxy) is 1. The van der Waals surface area contributed by atoms with Crippen LogP contribution in [0.25, 0.3) is 11.2 Å². The van der Waals surface area contributed by atoms with Gasteiger partial charge in [-0.25, -0.2) is 14.8 Å². The van der Waals surface area contributed by atoms with Crippen molar-refractivity contribution in [3.05, 3.63) is 75.7 Å². The standard InChI is InChI=1S/C24H24N6O2S/c1-3-12-33-23-28-21(26-14-17-8-10-19(32-2)11-9-17)20-22(29-23)30(24(31)27-20)15-18-6-4-16(13-25)5-7-18/h4-11H,3,12,14-15H2,1-2H3,(H,27,31)(H,26,28,29).